The van der Waals surface area contributed by atoms with Gasteiger partial charge in [-0.25, -0.2) is 0 Å². The maximum absolute atomic E-state index is 2.38. The Balaban J connectivity index is 2.81. The largest absolute Gasteiger partial charge is 0.0561 e. The molecule has 0 aromatic heterocycles. The first kappa shape index (κ1) is 15.1. The van der Waals surface area contributed by atoms with E-state index in [2.05, 4.69) is 79.7 Å². The van der Waals surface area contributed by atoms with Gasteiger partial charge < -0.3 is 0 Å². The van der Waals surface area contributed by atoms with Gasteiger partial charge in [0.05, 0.1) is 0 Å². The van der Waals surface area contributed by atoms with Crippen LogP contribution in [0, 0.1) is 13.8 Å². The quantitative estimate of drug-likeness (QED) is 0.545. The van der Waals surface area contributed by atoms with Gasteiger partial charge in [0.2, 0.25) is 0 Å². The minimum atomic E-state index is 0.199. The Morgan fingerprint density at radius 3 is 1.25 bits per heavy atom. The molecule has 2 aromatic carbocycles. The van der Waals surface area contributed by atoms with Crippen molar-refractivity contribution >= 4 is 10.8 Å². The smallest absolute Gasteiger partial charge is 0.0125 e. The molecule has 0 unspecified atom stereocenters. The van der Waals surface area contributed by atoms with Crippen LogP contribution in [0.2, 0.25) is 0 Å². The number of rotatable bonds is 0. The van der Waals surface area contributed by atoms with Gasteiger partial charge in [0.25, 0.3) is 0 Å². The number of aryl methyl sites for hydroxylation is 2. The normalized spacial score (nSPS) is 13.0. The highest BCUT2D eigenvalue weighted by atomic mass is 14.2. The zero-order chi connectivity index (χ0) is 15.3. The standard InChI is InChI=1S/C20H28/c1-13-9-16(19(3,4)5)11-15-12-17(20(6,7)8)10-14(2)18(13)15/h9-12H,1-8H3. The number of hydrogen-bond acceptors (Lipinski definition) is 0. The predicted molar refractivity (Wildman–Crippen MR) is 90.8 cm³/mol. The molecule has 20 heavy (non-hydrogen) atoms. The van der Waals surface area contributed by atoms with Crippen LogP contribution in [0.1, 0.15) is 63.8 Å². The van der Waals surface area contributed by atoms with Crippen LogP contribution in [0.3, 0.4) is 0 Å². The van der Waals surface area contributed by atoms with Crippen LogP contribution in [0.5, 0.6) is 0 Å². The summed E-state index contributed by atoms with van der Waals surface area (Å²) >= 11 is 0. The summed E-state index contributed by atoms with van der Waals surface area (Å²) in [6.45, 7) is 18.2. The summed E-state index contributed by atoms with van der Waals surface area (Å²) in [5.74, 6) is 0. The van der Waals surface area contributed by atoms with E-state index in [-0.39, 0.29) is 10.8 Å². The minimum Gasteiger partial charge on any atom is -0.0561 e. The maximum Gasteiger partial charge on any atom is -0.0125 e. The van der Waals surface area contributed by atoms with E-state index in [1.807, 2.05) is 0 Å². The molecule has 0 bridgehead atoms. The van der Waals surface area contributed by atoms with Crippen LogP contribution in [-0.4, -0.2) is 0 Å². The highest BCUT2D eigenvalue weighted by Crippen LogP contribution is 2.34. The van der Waals surface area contributed by atoms with E-state index in [0.29, 0.717) is 0 Å². The van der Waals surface area contributed by atoms with Gasteiger partial charge in [-0.1, -0.05) is 65.8 Å². The Bertz CT molecular complexity index is 592. The summed E-state index contributed by atoms with van der Waals surface area (Å²) < 4.78 is 0. The first-order valence-corrected chi connectivity index (χ1v) is 7.56. The SMILES string of the molecule is Cc1cc(C(C)(C)C)cc2cc(C(C)(C)C)cc(C)c12. The second kappa shape index (κ2) is 4.62. The van der Waals surface area contributed by atoms with E-state index < -0.39 is 0 Å². The molecule has 0 aliphatic rings. The average Bonchev–Trinajstić information content (AvgIpc) is 2.25. The summed E-state index contributed by atoms with van der Waals surface area (Å²) in [5, 5.41) is 2.81. The Kier molecular flexibility index (Phi) is 3.48. The minimum absolute atomic E-state index is 0.199. The Labute approximate surface area is 124 Å². The second-order valence-electron chi connectivity index (χ2n) is 8.18. The van der Waals surface area contributed by atoms with Gasteiger partial charge in [0.15, 0.2) is 0 Å². The molecule has 0 aliphatic carbocycles. The van der Waals surface area contributed by atoms with Gasteiger partial charge in [-0.05, 0) is 57.7 Å². The van der Waals surface area contributed by atoms with E-state index in [9.17, 15) is 0 Å². The summed E-state index contributed by atoms with van der Waals surface area (Å²) in [6.07, 6.45) is 0. The molecule has 0 radical (unpaired) electrons. The van der Waals surface area contributed by atoms with Crippen molar-refractivity contribution < 1.29 is 0 Å². The van der Waals surface area contributed by atoms with E-state index in [1.165, 1.54) is 33.0 Å². The van der Waals surface area contributed by atoms with Crippen molar-refractivity contribution in [3.05, 3.63) is 46.5 Å². The van der Waals surface area contributed by atoms with E-state index in [1.54, 1.807) is 0 Å². The molecule has 0 amide bonds. The first-order valence-electron chi connectivity index (χ1n) is 7.56. The third-order valence-electron chi connectivity index (χ3n) is 4.18. The summed E-state index contributed by atoms with van der Waals surface area (Å²) in [4.78, 5) is 0. The molecular weight excluding hydrogens is 240 g/mol. The topological polar surface area (TPSA) is 0 Å². The van der Waals surface area contributed by atoms with Crippen molar-refractivity contribution in [1.29, 1.82) is 0 Å². The van der Waals surface area contributed by atoms with Gasteiger partial charge >= 0.3 is 0 Å². The fourth-order valence-electron chi connectivity index (χ4n) is 2.85. The molecule has 0 heteroatoms. The molecule has 0 fully saturated rings. The lowest BCUT2D eigenvalue weighted by Crippen LogP contribution is -2.13. The molecule has 0 heterocycles. The molecule has 2 aromatic rings. The van der Waals surface area contributed by atoms with Crippen LogP contribution < -0.4 is 0 Å². The Morgan fingerprint density at radius 1 is 0.600 bits per heavy atom. The molecule has 0 N–H and O–H groups in total. The predicted octanol–water partition coefficient (Wildman–Crippen LogP) is 6.05. The van der Waals surface area contributed by atoms with Crippen molar-refractivity contribution in [2.45, 2.75) is 66.2 Å². The summed E-state index contributed by atoms with van der Waals surface area (Å²) in [7, 11) is 0. The van der Waals surface area contributed by atoms with Crippen LogP contribution in [0.15, 0.2) is 24.3 Å². The van der Waals surface area contributed by atoms with E-state index >= 15 is 0 Å². The van der Waals surface area contributed by atoms with Crippen LogP contribution in [0.4, 0.5) is 0 Å². The molecule has 2 rings (SSSR count). The molecule has 0 saturated heterocycles. The number of fused-ring (bicyclic) bond motifs is 1. The molecule has 0 atom stereocenters. The zero-order valence-corrected chi connectivity index (χ0v) is 14.3. The highest BCUT2D eigenvalue weighted by Gasteiger charge is 2.19. The maximum atomic E-state index is 2.38. The van der Waals surface area contributed by atoms with Gasteiger partial charge in [-0.2, -0.15) is 0 Å². The van der Waals surface area contributed by atoms with Crippen molar-refractivity contribution in [2.75, 3.05) is 0 Å². The second-order valence-corrected chi connectivity index (χ2v) is 8.18. The van der Waals surface area contributed by atoms with Crippen LogP contribution >= 0.6 is 0 Å². The molecular formula is C20H28. The lowest BCUT2D eigenvalue weighted by Gasteiger charge is -2.24. The highest BCUT2D eigenvalue weighted by molar-refractivity contribution is 5.90. The van der Waals surface area contributed by atoms with Crippen LogP contribution in [0.25, 0.3) is 10.8 Å². The molecule has 0 nitrogen and oxygen atoms in total. The molecule has 0 aliphatic heterocycles. The first-order chi connectivity index (χ1) is 9.00. The fourth-order valence-corrected chi connectivity index (χ4v) is 2.85. The van der Waals surface area contributed by atoms with Gasteiger partial charge in [0, 0.05) is 0 Å². The lowest BCUT2D eigenvalue weighted by atomic mass is 9.81. The Morgan fingerprint density at radius 2 is 0.950 bits per heavy atom. The van der Waals surface area contributed by atoms with Gasteiger partial charge in [0.1, 0.15) is 0 Å². The number of hydrogen-bond donors (Lipinski definition) is 0. The van der Waals surface area contributed by atoms with Gasteiger partial charge in [-0.3, -0.25) is 0 Å². The van der Waals surface area contributed by atoms with Crippen molar-refractivity contribution in [3.8, 4) is 0 Å². The summed E-state index contributed by atoms with van der Waals surface area (Å²) in [5.41, 5.74) is 6.03. The van der Waals surface area contributed by atoms with Crippen molar-refractivity contribution in [3.63, 3.8) is 0 Å². The monoisotopic (exact) mass is 268 g/mol. The molecule has 108 valence electrons. The Hall–Kier alpha value is -1.30. The van der Waals surface area contributed by atoms with E-state index in [0.717, 1.165) is 0 Å². The van der Waals surface area contributed by atoms with E-state index in [4.69, 9.17) is 0 Å². The van der Waals surface area contributed by atoms with Crippen LogP contribution in [-0.2, 0) is 10.8 Å². The van der Waals surface area contributed by atoms with Crippen molar-refractivity contribution in [1.82, 2.24) is 0 Å². The average molecular weight is 268 g/mol. The summed E-state index contributed by atoms with van der Waals surface area (Å²) in [6, 6.07) is 9.47. The molecule has 0 saturated carbocycles. The zero-order valence-electron chi connectivity index (χ0n) is 14.3. The van der Waals surface area contributed by atoms with Gasteiger partial charge in [-0.15, -0.1) is 0 Å². The third kappa shape index (κ3) is 2.75. The van der Waals surface area contributed by atoms with Crippen molar-refractivity contribution in [2.24, 2.45) is 0 Å². The lowest BCUT2D eigenvalue weighted by molar-refractivity contribution is 0.588. The fraction of sp³-hybridized carbons (Fsp3) is 0.500. The molecule has 0 spiro atoms. The number of benzene rings is 2. The third-order valence-corrected chi connectivity index (χ3v) is 4.18.